The molecule has 1 aromatic carbocycles. The van der Waals surface area contributed by atoms with Gasteiger partial charge in [0.25, 0.3) is 5.91 Å². The molecule has 9 heteroatoms. The Hall–Kier alpha value is -3.07. The van der Waals surface area contributed by atoms with Crippen molar-refractivity contribution >= 4 is 17.5 Å². The molecule has 3 rings (SSSR count). The van der Waals surface area contributed by atoms with Crippen LogP contribution in [0.2, 0.25) is 0 Å². The molecule has 156 valence electrons. The molecule has 1 saturated heterocycles. The molecular formula is C20H27N5O4. The number of aromatic nitrogens is 2. The minimum atomic E-state index is -0.283. The van der Waals surface area contributed by atoms with E-state index in [4.69, 9.17) is 14.2 Å². The normalized spacial score (nSPS) is 13.9. The Morgan fingerprint density at radius 2 is 1.72 bits per heavy atom. The Bertz CT molecular complexity index is 807. The fourth-order valence-electron chi connectivity index (χ4n) is 3.14. The zero-order chi connectivity index (χ0) is 20.6. The fraction of sp³-hybridized carbons (Fsp3) is 0.450. The number of ether oxygens (including phenoxy) is 3. The van der Waals surface area contributed by atoms with E-state index in [1.807, 2.05) is 12.1 Å². The minimum absolute atomic E-state index is 0.266. The Morgan fingerprint density at radius 1 is 1.03 bits per heavy atom. The summed E-state index contributed by atoms with van der Waals surface area (Å²) in [6.07, 6.45) is 1.51. The van der Waals surface area contributed by atoms with Crippen molar-refractivity contribution in [2.24, 2.45) is 0 Å². The van der Waals surface area contributed by atoms with Gasteiger partial charge in [0.15, 0.2) is 0 Å². The van der Waals surface area contributed by atoms with Crippen LogP contribution >= 0.6 is 0 Å². The number of carbonyl (C=O) groups is 1. The van der Waals surface area contributed by atoms with Gasteiger partial charge in [-0.15, -0.1) is 0 Å². The molecule has 0 radical (unpaired) electrons. The number of piperazine rings is 1. The third-order valence-electron chi connectivity index (χ3n) is 4.77. The Morgan fingerprint density at radius 3 is 2.34 bits per heavy atom. The average Bonchev–Trinajstić information content (AvgIpc) is 2.79. The topological polar surface area (TPSA) is 89.1 Å². The average molecular weight is 401 g/mol. The zero-order valence-corrected chi connectivity index (χ0v) is 17.1. The van der Waals surface area contributed by atoms with Crippen LogP contribution in [0.3, 0.4) is 0 Å². The molecule has 0 atom stereocenters. The molecule has 0 spiro atoms. The summed E-state index contributed by atoms with van der Waals surface area (Å²) in [5.74, 6) is 1.39. The van der Waals surface area contributed by atoms with Gasteiger partial charge in [0.1, 0.15) is 11.3 Å². The summed E-state index contributed by atoms with van der Waals surface area (Å²) in [6, 6.07) is 8.05. The van der Waals surface area contributed by atoms with Gasteiger partial charge in [-0.2, -0.15) is 4.98 Å². The van der Waals surface area contributed by atoms with Crippen LogP contribution in [0.5, 0.6) is 11.6 Å². The molecule has 2 aromatic rings. The van der Waals surface area contributed by atoms with Gasteiger partial charge in [0.05, 0.1) is 20.8 Å². The van der Waals surface area contributed by atoms with Crippen molar-refractivity contribution < 1.29 is 19.0 Å². The lowest BCUT2D eigenvalue weighted by atomic mass is 10.2. The molecule has 1 aliphatic heterocycles. The van der Waals surface area contributed by atoms with Gasteiger partial charge < -0.3 is 29.3 Å². The van der Waals surface area contributed by atoms with E-state index >= 15 is 0 Å². The summed E-state index contributed by atoms with van der Waals surface area (Å²) < 4.78 is 15.5. The first kappa shape index (κ1) is 20.7. The number of anilines is 2. The van der Waals surface area contributed by atoms with Crippen LogP contribution in [0.1, 0.15) is 10.4 Å². The number of amides is 1. The summed E-state index contributed by atoms with van der Waals surface area (Å²) in [5.41, 5.74) is 1.47. The molecule has 1 aromatic heterocycles. The number of methoxy groups -OCH3 is 3. The second-order valence-corrected chi connectivity index (χ2v) is 6.51. The van der Waals surface area contributed by atoms with E-state index < -0.39 is 0 Å². The van der Waals surface area contributed by atoms with Gasteiger partial charge in [-0.1, -0.05) is 0 Å². The van der Waals surface area contributed by atoms with Gasteiger partial charge in [0.2, 0.25) is 11.8 Å². The lowest BCUT2D eigenvalue weighted by molar-refractivity contribution is 0.0933. The maximum absolute atomic E-state index is 12.3. The lowest BCUT2D eigenvalue weighted by Crippen LogP contribution is -2.47. The van der Waals surface area contributed by atoms with Crippen LogP contribution in [0.25, 0.3) is 0 Å². The second kappa shape index (κ2) is 9.92. The largest absolute Gasteiger partial charge is 0.497 e. The van der Waals surface area contributed by atoms with E-state index in [1.54, 1.807) is 14.2 Å². The van der Waals surface area contributed by atoms with Gasteiger partial charge in [-0.25, -0.2) is 4.98 Å². The summed E-state index contributed by atoms with van der Waals surface area (Å²) in [5, 5.41) is 2.75. The van der Waals surface area contributed by atoms with E-state index in [0.717, 1.165) is 37.6 Å². The molecule has 29 heavy (non-hydrogen) atoms. The molecule has 1 amide bonds. The van der Waals surface area contributed by atoms with Crippen molar-refractivity contribution in [3.8, 4) is 11.6 Å². The van der Waals surface area contributed by atoms with Crippen LogP contribution in [0.4, 0.5) is 11.6 Å². The van der Waals surface area contributed by atoms with Crippen LogP contribution < -0.4 is 24.6 Å². The zero-order valence-electron chi connectivity index (χ0n) is 17.1. The number of benzene rings is 1. The molecule has 1 aliphatic rings. The summed E-state index contributed by atoms with van der Waals surface area (Å²) in [6.45, 7) is 4.08. The van der Waals surface area contributed by atoms with Crippen molar-refractivity contribution in [1.82, 2.24) is 15.3 Å². The molecular weight excluding hydrogens is 374 g/mol. The van der Waals surface area contributed by atoms with Gasteiger partial charge in [0, 0.05) is 51.7 Å². The number of carbonyl (C=O) groups excluding carboxylic acids is 1. The molecule has 0 unspecified atom stereocenters. The Balaban J connectivity index is 1.63. The van der Waals surface area contributed by atoms with Gasteiger partial charge in [-0.05, 0) is 24.3 Å². The van der Waals surface area contributed by atoms with Crippen LogP contribution in [-0.2, 0) is 4.74 Å². The van der Waals surface area contributed by atoms with E-state index in [2.05, 4.69) is 37.2 Å². The number of nitrogens with one attached hydrogen (secondary N) is 1. The van der Waals surface area contributed by atoms with E-state index in [-0.39, 0.29) is 11.8 Å². The highest BCUT2D eigenvalue weighted by Gasteiger charge is 2.22. The number of hydrogen-bond donors (Lipinski definition) is 1. The highest BCUT2D eigenvalue weighted by Crippen LogP contribution is 2.23. The first-order chi connectivity index (χ1) is 14.2. The predicted molar refractivity (Wildman–Crippen MR) is 110 cm³/mol. The Labute approximate surface area is 170 Å². The first-order valence-electron chi connectivity index (χ1n) is 9.48. The van der Waals surface area contributed by atoms with Crippen LogP contribution in [-0.4, -0.2) is 76.5 Å². The number of nitrogens with zero attached hydrogens (tertiary/aromatic N) is 4. The maximum atomic E-state index is 12.3. The van der Waals surface area contributed by atoms with Crippen molar-refractivity contribution in [1.29, 1.82) is 0 Å². The first-order valence-corrected chi connectivity index (χ1v) is 9.48. The quantitative estimate of drug-likeness (QED) is 0.660. The number of hydrogen-bond acceptors (Lipinski definition) is 8. The van der Waals surface area contributed by atoms with Crippen LogP contribution in [0, 0.1) is 0 Å². The van der Waals surface area contributed by atoms with E-state index in [0.29, 0.717) is 24.7 Å². The second-order valence-electron chi connectivity index (χ2n) is 6.51. The van der Waals surface area contributed by atoms with Crippen molar-refractivity contribution in [2.75, 3.05) is 70.5 Å². The standard InChI is InChI=1S/C20H27N5O4/c1-27-13-8-21-18(26)17-14-22-20(23-19(17)29-3)25-11-9-24(10-12-25)15-4-6-16(28-2)7-5-15/h4-7,14H,8-13H2,1-3H3,(H,21,26). The third kappa shape index (κ3) is 5.05. The maximum Gasteiger partial charge on any atom is 0.258 e. The summed E-state index contributed by atoms with van der Waals surface area (Å²) in [7, 11) is 4.75. The smallest absolute Gasteiger partial charge is 0.258 e. The predicted octanol–water partition coefficient (Wildman–Crippen LogP) is 1.20. The van der Waals surface area contributed by atoms with Crippen molar-refractivity contribution in [2.45, 2.75) is 0 Å². The summed E-state index contributed by atoms with van der Waals surface area (Å²) >= 11 is 0. The third-order valence-corrected chi connectivity index (χ3v) is 4.77. The highest BCUT2D eigenvalue weighted by molar-refractivity contribution is 5.96. The summed E-state index contributed by atoms with van der Waals surface area (Å²) in [4.78, 5) is 25.5. The van der Waals surface area contributed by atoms with Gasteiger partial charge >= 0.3 is 0 Å². The van der Waals surface area contributed by atoms with E-state index in [9.17, 15) is 4.79 Å². The minimum Gasteiger partial charge on any atom is -0.497 e. The molecule has 0 saturated carbocycles. The lowest BCUT2D eigenvalue weighted by Gasteiger charge is -2.36. The molecule has 2 heterocycles. The SMILES string of the molecule is COCCNC(=O)c1cnc(N2CCN(c3ccc(OC)cc3)CC2)nc1OC. The molecule has 0 aliphatic carbocycles. The fourth-order valence-corrected chi connectivity index (χ4v) is 3.14. The van der Waals surface area contributed by atoms with Crippen molar-refractivity contribution in [3.05, 3.63) is 36.0 Å². The monoisotopic (exact) mass is 401 g/mol. The molecule has 1 fully saturated rings. The number of rotatable bonds is 8. The van der Waals surface area contributed by atoms with Crippen molar-refractivity contribution in [3.63, 3.8) is 0 Å². The Kier molecular flexibility index (Phi) is 7.07. The molecule has 1 N–H and O–H groups in total. The molecule has 9 nitrogen and oxygen atoms in total. The van der Waals surface area contributed by atoms with Gasteiger partial charge in [-0.3, -0.25) is 4.79 Å². The van der Waals surface area contributed by atoms with Crippen LogP contribution in [0.15, 0.2) is 30.5 Å². The highest BCUT2D eigenvalue weighted by atomic mass is 16.5. The van der Waals surface area contributed by atoms with E-state index in [1.165, 1.54) is 13.3 Å². The molecule has 0 bridgehead atoms.